The molecule has 0 saturated heterocycles. The van der Waals surface area contributed by atoms with Gasteiger partial charge in [0.2, 0.25) is 5.91 Å². The fourth-order valence-corrected chi connectivity index (χ4v) is 0.659. The molecule has 11 heavy (non-hydrogen) atoms. The molecule has 64 valence electrons. The first-order chi connectivity index (χ1) is 5.31. The molecule has 0 spiro atoms. The van der Waals surface area contributed by atoms with Gasteiger partial charge in [0.15, 0.2) is 0 Å². The lowest BCUT2D eigenvalue weighted by atomic mass is 10.3. The second kappa shape index (κ2) is 7.28. The Labute approximate surface area is 67.1 Å². The van der Waals surface area contributed by atoms with E-state index in [1.165, 1.54) is 6.08 Å². The number of unbranched alkanes of at least 4 members (excludes halogenated alkanes) is 1. The van der Waals surface area contributed by atoms with Crippen LogP contribution in [0.15, 0.2) is 12.2 Å². The molecule has 0 aromatic heterocycles. The topological polar surface area (TPSA) is 49.3 Å². The molecule has 0 saturated carbocycles. The number of hydrogen-bond donors (Lipinski definition) is 2. The van der Waals surface area contributed by atoms with Crippen molar-refractivity contribution in [3.63, 3.8) is 0 Å². The SMILES string of the molecule is CC=CC(=O)NCCCCO. The monoisotopic (exact) mass is 157 g/mol. The van der Waals surface area contributed by atoms with Crippen molar-refractivity contribution < 1.29 is 9.90 Å². The van der Waals surface area contributed by atoms with Crippen LogP contribution in [0.25, 0.3) is 0 Å². The van der Waals surface area contributed by atoms with E-state index in [0.29, 0.717) is 6.54 Å². The van der Waals surface area contributed by atoms with E-state index >= 15 is 0 Å². The molecule has 3 nitrogen and oxygen atoms in total. The zero-order chi connectivity index (χ0) is 8.53. The number of aliphatic hydroxyl groups excluding tert-OH is 1. The number of carbonyl (C=O) groups is 1. The Hall–Kier alpha value is -0.830. The summed E-state index contributed by atoms with van der Waals surface area (Å²) in [6.07, 6.45) is 4.76. The molecule has 3 heteroatoms. The summed E-state index contributed by atoms with van der Waals surface area (Å²) in [4.78, 5) is 10.7. The first-order valence-electron chi connectivity index (χ1n) is 3.82. The van der Waals surface area contributed by atoms with Crippen LogP contribution >= 0.6 is 0 Å². The number of carbonyl (C=O) groups excluding carboxylic acids is 1. The van der Waals surface area contributed by atoms with Crippen LogP contribution in [-0.4, -0.2) is 24.2 Å². The average Bonchev–Trinajstić information content (AvgIpc) is 1.99. The van der Waals surface area contributed by atoms with Gasteiger partial charge in [0.25, 0.3) is 0 Å². The highest BCUT2D eigenvalue weighted by Crippen LogP contribution is 1.83. The molecule has 0 heterocycles. The highest BCUT2D eigenvalue weighted by atomic mass is 16.2. The Balaban J connectivity index is 3.17. The summed E-state index contributed by atoms with van der Waals surface area (Å²) in [7, 11) is 0. The molecule has 0 aliphatic rings. The van der Waals surface area contributed by atoms with Crippen LogP contribution in [0.1, 0.15) is 19.8 Å². The second-order valence-electron chi connectivity index (χ2n) is 2.22. The third-order valence-corrected chi connectivity index (χ3v) is 1.20. The van der Waals surface area contributed by atoms with Crippen LogP contribution < -0.4 is 5.32 Å². The first kappa shape index (κ1) is 10.2. The van der Waals surface area contributed by atoms with Gasteiger partial charge in [-0.1, -0.05) is 6.08 Å². The number of amides is 1. The van der Waals surface area contributed by atoms with Crippen molar-refractivity contribution in [2.45, 2.75) is 19.8 Å². The molecule has 0 aliphatic heterocycles. The lowest BCUT2D eigenvalue weighted by Crippen LogP contribution is -2.22. The van der Waals surface area contributed by atoms with Crippen molar-refractivity contribution in [2.75, 3.05) is 13.2 Å². The van der Waals surface area contributed by atoms with Crippen LogP contribution in [0.2, 0.25) is 0 Å². The third-order valence-electron chi connectivity index (χ3n) is 1.20. The summed E-state index contributed by atoms with van der Waals surface area (Å²) >= 11 is 0. The van der Waals surface area contributed by atoms with Crippen LogP contribution in [-0.2, 0) is 4.79 Å². The number of rotatable bonds is 5. The van der Waals surface area contributed by atoms with Gasteiger partial charge in [0, 0.05) is 13.2 Å². The highest BCUT2D eigenvalue weighted by molar-refractivity contribution is 5.87. The van der Waals surface area contributed by atoms with E-state index in [0.717, 1.165) is 12.8 Å². The molecular formula is C8H15NO2. The molecule has 0 fully saturated rings. The van der Waals surface area contributed by atoms with E-state index in [9.17, 15) is 4.79 Å². The van der Waals surface area contributed by atoms with Crippen LogP contribution in [0, 0.1) is 0 Å². The van der Waals surface area contributed by atoms with Gasteiger partial charge in [-0.05, 0) is 25.8 Å². The normalized spacial score (nSPS) is 10.4. The minimum Gasteiger partial charge on any atom is -0.396 e. The quantitative estimate of drug-likeness (QED) is 0.449. The van der Waals surface area contributed by atoms with Crippen molar-refractivity contribution in [3.05, 3.63) is 12.2 Å². The van der Waals surface area contributed by atoms with Crippen LogP contribution in [0.5, 0.6) is 0 Å². The smallest absolute Gasteiger partial charge is 0.243 e. The summed E-state index contributed by atoms with van der Waals surface area (Å²) < 4.78 is 0. The summed E-state index contributed by atoms with van der Waals surface area (Å²) in [5, 5.41) is 11.1. The van der Waals surface area contributed by atoms with E-state index in [1.54, 1.807) is 13.0 Å². The van der Waals surface area contributed by atoms with Gasteiger partial charge in [-0.2, -0.15) is 0 Å². The molecule has 0 atom stereocenters. The minimum atomic E-state index is -0.0644. The largest absolute Gasteiger partial charge is 0.396 e. The van der Waals surface area contributed by atoms with Crippen molar-refractivity contribution in [3.8, 4) is 0 Å². The van der Waals surface area contributed by atoms with Crippen LogP contribution in [0.3, 0.4) is 0 Å². The molecule has 0 radical (unpaired) electrons. The van der Waals surface area contributed by atoms with E-state index in [1.807, 2.05) is 0 Å². The molecule has 0 aromatic rings. The second-order valence-corrected chi connectivity index (χ2v) is 2.22. The summed E-state index contributed by atoms with van der Waals surface area (Å²) in [6, 6.07) is 0. The van der Waals surface area contributed by atoms with E-state index in [2.05, 4.69) is 5.32 Å². The number of nitrogens with one attached hydrogen (secondary N) is 1. The molecule has 2 N–H and O–H groups in total. The van der Waals surface area contributed by atoms with Crippen molar-refractivity contribution in [1.82, 2.24) is 5.32 Å². The third kappa shape index (κ3) is 7.06. The van der Waals surface area contributed by atoms with Gasteiger partial charge in [0.1, 0.15) is 0 Å². The Morgan fingerprint density at radius 2 is 2.27 bits per heavy atom. The summed E-state index contributed by atoms with van der Waals surface area (Å²) in [5.74, 6) is -0.0644. The molecule has 0 aromatic carbocycles. The molecule has 0 unspecified atom stereocenters. The molecule has 1 amide bonds. The maximum atomic E-state index is 10.7. The van der Waals surface area contributed by atoms with Gasteiger partial charge in [-0.25, -0.2) is 0 Å². The Kier molecular flexibility index (Phi) is 6.73. The summed E-state index contributed by atoms with van der Waals surface area (Å²) in [6.45, 7) is 2.64. The summed E-state index contributed by atoms with van der Waals surface area (Å²) in [5.41, 5.74) is 0. The van der Waals surface area contributed by atoms with Gasteiger partial charge in [0.05, 0.1) is 0 Å². The lowest BCUT2D eigenvalue weighted by Gasteiger charge is -1.99. The van der Waals surface area contributed by atoms with Crippen molar-refractivity contribution in [2.24, 2.45) is 0 Å². The Morgan fingerprint density at radius 3 is 2.82 bits per heavy atom. The van der Waals surface area contributed by atoms with E-state index < -0.39 is 0 Å². The predicted octanol–water partition coefficient (Wildman–Crippen LogP) is 0.451. The zero-order valence-electron chi connectivity index (χ0n) is 6.84. The predicted molar refractivity (Wildman–Crippen MR) is 44.1 cm³/mol. The highest BCUT2D eigenvalue weighted by Gasteiger charge is 1.91. The molecular weight excluding hydrogens is 142 g/mol. The average molecular weight is 157 g/mol. The van der Waals surface area contributed by atoms with Gasteiger partial charge < -0.3 is 10.4 Å². The first-order valence-corrected chi connectivity index (χ1v) is 3.82. The molecule has 0 aliphatic carbocycles. The van der Waals surface area contributed by atoms with E-state index in [-0.39, 0.29) is 12.5 Å². The maximum Gasteiger partial charge on any atom is 0.243 e. The molecule has 0 bridgehead atoms. The minimum absolute atomic E-state index is 0.0644. The van der Waals surface area contributed by atoms with Crippen molar-refractivity contribution >= 4 is 5.91 Å². The standard InChI is InChI=1S/C8H15NO2/c1-2-5-8(11)9-6-3-4-7-10/h2,5,10H,3-4,6-7H2,1H3,(H,9,11). The maximum absolute atomic E-state index is 10.7. The van der Waals surface area contributed by atoms with Gasteiger partial charge >= 0.3 is 0 Å². The Morgan fingerprint density at radius 1 is 1.55 bits per heavy atom. The number of aliphatic hydroxyl groups is 1. The van der Waals surface area contributed by atoms with Crippen LogP contribution in [0.4, 0.5) is 0 Å². The van der Waals surface area contributed by atoms with Gasteiger partial charge in [-0.15, -0.1) is 0 Å². The van der Waals surface area contributed by atoms with Crippen molar-refractivity contribution in [1.29, 1.82) is 0 Å². The number of hydrogen-bond acceptors (Lipinski definition) is 2. The van der Waals surface area contributed by atoms with Gasteiger partial charge in [-0.3, -0.25) is 4.79 Å². The molecule has 0 rings (SSSR count). The fourth-order valence-electron chi connectivity index (χ4n) is 0.659. The number of allylic oxidation sites excluding steroid dienone is 1. The Bertz CT molecular complexity index is 132. The zero-order valence-corrected chi connectivity index (χ0v) is 6.84. The van der Waals surface area contributed by atoms with E-state index in [4.69, 9.17) is 5.11 Å². The lowest BCUT2D eigenvalue weighted by molar-refractivity contribution is -0.116. The fraction of sp³-hybridized carbons (Fsp3) is 0.625.